The van der Waals surface area contributed by atoms with Crippen LogP contribution < -0.4 is 20.3 Å². The summed E-state index contributed by atoms with van der Waals surface area (Å²) in [5, 5.41) is 10.9. The highest BCUT2D eigenvalue weighted by Gasteiger charge is 2.20. The zero-order valence-electron chi connectivity index (χ0n) is 13.8. The van der Waals surface area contributed by atoms with E-state index in [9.17, 15) is 4.79 Å². The molecule has 0 radical (unpaired) electrons. The lowest BCUT2D eigenvalue weighted by atomic mass is 10.1. The molecule has 7 heteroatoms. The molecule has 132 valence electrons. The Morgan fingerprint density at radius 2 is 2.00 bits per heavy atom. The lowest BCUT2D eigenvalue weighted by Gasteiger charge is -2.26. The first-order valence-corrected chi connectivity index (χ1v) is 8.08. The summed E-state index contributed by atoms with van der Waals surface area (Å²) in [6, 6.07) is 11.8. The summed E-state index contributed by atoms with van der Waals surface area (Å²) in [5.74, 6) is 2.05. The van der Waals surface area contributed by atoms with Crippen molar-refractivity contribution in [1.29, 1.82) is 0 Å². The molecule has 0 bridgehead atoms. The molecule has 0 aliphatic carbocycles. The second kappa shape index (κ2) is 7.87. The summed E-state index contributed by atoms with van der Waals surface area (Å²) in [6.45, 7) is 2.56. The van der Waals surface area contributed by atoms with Crippen LogP contribution in [-0.2, 0) is 11.2 Å². The first-order chi connectivity index (χ1) is 12.2. The van der Waals surface area contributed by atoms with E-state index in [4.69, 9.17) is 19.4 Å². The number of benzene rings is 2. The summed E-state index contributed by atoms with van der Waals surface area (Å²) < 4.78 is 17.2. The highest BCUT2D eigenvalue weighted by Crippen LogP contribution is 2.33. The van der Waals surface area contributed by atoms with Gasteiger partial charge in [0, 0.05) is 24.8 Å². The number of urea groups is 1. The summed E-state index contributed by atoms with van der Waals surface area (Å²) in [5.41, 5.74) is 3.18. The smallest absolute Gasteiger partial charge is 0.342 e. The van der Waals surface area contributed by atoms with E-state index in [-0.39, 0.29) is 6.29 Å². The number of hydroxylamine groups is 1. The molecule has 7 nitrogen and oxygen atoms in total. The number of hydrogen-bond acceptors (Lipinski definition) is 5. The van der Waals surface area contributed by atoms with Crippen molar-refractivity contribution in [3.63, 3.8) is 0 Å². The van der Waals surface area contributed by atoms with E-state index in [1.807, 2.05) is 25.1 Å². The summed E-state index contributed by atoms with van der Waals surface area (Å²) >= 11 is 0. The van der Waals surface area contributed by atoms with E-state index in [1.165, 1.54) is 5.48 Å². The minimum atomic E-state index is -0.704. The summed E-state index contributed by atoms with van der Waals surface area (Å²) in [7, 11) is 0. The van der Waals surface area contributed by atoms with Crippen LogP contribution in [0.2, 0.25) is 0 Å². The van der Waals surface area contributed by atoms with Gasteiger partial charge in [-0.25, -0.2) is 10.3 Å². The van der Waals surface area contributed by atoms with E-state index < -0.39 is 6.03 Å². The van der Waals surface area contributed by atoms with Crippen molar-refractivity contribution in [3.8, 4) is 17.2 Å². The number of aryl methyl sites for hydroxylation is 1. The fourth-order valence-electron chi connectivity index (χ4n) is 2.59. The maximum Gasteiger partial charge on any atom is 0.342 e. The van der Waals surface area contributed by atoms with Crippen LogP contribution in [0.5, 0.6) is 17.2 Å². The molecule has 0 saturated carbocycles. The van der Waals surface area contributed by atoms with Crippen LogP contribution in [0.4, 0.5) is 10.5 Å². The molecule has 3 rings (SSSR count). The fraction of sp³-hybridized carbons (Fsp3) is 0.278. The standard InChI is InChI=1S/C18H20N2O5/c1-2-23-17-10-4-12-3-7-15(11-16(12)25-17)24-14-8-5-13(6-9-14)19-18(21)20-22/h3,5-9,11,17,22H,2,4,10H2,1H3,(H2,19,20,21). The first-order valence-electron chi connectivity index (χ1n) is 8.08. The molecule has 0 aromatic heterocycles. The Kier molecular flexibility index (Phi) is 5.37. The van der Waals surface area contributed by atoms with Crippen molar-refractivity contribution in [3.05, 3.63) is 48.0 Å². The normalized spacial score (nSPS) is 15.7. The third kappa shape index (κ3) is 4.40. The minimum Gasteiger partial charge on any atom is -0.465 e. The molecule has 1 atom stereocenters. The average Bonchev–Trinajstić information content (AvgIpc) is 2.63. The third-order valence-corrected chi connectivity index (χ3v) is 3.75. The minimum absolute atomic E-state index is 0.212. The lowest BCUT2D eigenvalue weighted by Crippen LogP contribution is -2.25. The van der Waals surface area contributed by atoms with Gasteiger partial charge in [-0.05, 0) is 49.2 Å². The number of nitrogens with one attached hydrogen (secondary N) is 2. The Hall–Kier alpha value is -2.77. The van der Waals surface area contributed by atoms with Crippen LogP contribution in [0.25, 0.3) is 0 Å². The number of fused-ring (bicyclic) bond motifs is 1. The zero-order valence-corrected chi connectivity index (χ0v) is 13.8. The summed E-state index contributed by atoms with van der Waals surface area (Å²) in [6.07, 6.45) is 1.54. The van der Waals surface area contributed by atoms with Crippen LogP contribution in [0.1, 0.15) is 18.9 Å². The van der Waals surface area contributed by atoms with Gasteiger partial charge < -0.3 is 19.5 Å². The number of ether oxygens (including phenoxy) is 3. The van der Waals surface area contributed by atoms with E-state index >= 15 is 0 Å². The second-order valence-corrected chi connectivity index (χ2v) is 5.50. The Bertz CT molecular complexity index is 733. The van der Waals surface area contributed by atoms with Gasteiger partial charge in [-0.2, -0.15) is 0 Å². The van der Waals surface area contributed by atoms with Crippen molar-refractivity contribution in [2.45, 2.75) is 26.1 Å². The molecule has 3 N–H and O–H groups in total. The van der Waals surface area contributed by atoms with Crippen LogP contribution in [-0.4, -0.2) is 24.1 Å². The number of hydrogen-bond donors (Lipinski definition) is 3. The molecule has 0 spiro atoms. The largest absolute Gasteiger partial charge is 0.465 e. The molecular weight excluding hydrogens is 324 g/mol. The molecule has 1 aliphatic rings. The van der Waals surface area contributed by atoms with E-state index in [2.05, 4.69) is 5.32 Å². The van der Waals surface area contributed by atoms with Gasteiger partial charge in [-0.3, -0.25) is 5.21 Å². The highest BCUT2D eigenvalue weighted by atomic mass is 16.7. The average molecular weight is 344 g/mol. The van der Waals surface area contributed by atoms with Crippen molar-refractivity contribution in [2.24, 2.45) is 0 Å². The van der Waals surface area contributed by atoms with Crippen LogP contribution in [0, 0.1) is 0 Å². The maximum absolute atomic E-state index is 11.0. The number of amides is 2. The van der Waals surface area contributed by atoms with Gasteiger partial charge in [-0.1, -0.05) is 6.07 Å². The van der Waals surface area contributed by atoms with Crippen molar-refractivity contribution in [1.82, 2.24) is 5.48 Å². The Labute approximate surface area is 145 Å². The Morgan fingerprint density at radius 1 is 1.24 bits per heavy atom. The number of carbonyl (C=O) groups is 1. The second-order valence-electron chi connectivity index (χ2n) is 5.50. The fourth-order valence-corrected chi connectivity index (χ4v) is 2.59. The lowest BCUT2D eigenvalue weighted by molar-refractivity contribution is -0.0862. The molecule has 0 fully saturated rings. The van der Waals surface area contributed by atoms with Gasteiger partial charge in [0.15, 0.2) is 6.29 Å². The number of rotatable bonds is 5. The van der Waals surface area contributed by atoms with E-state index in [0.29, 0.717) is 23.8 Å². The molecule has 2 aromatic carbocycles. The molecule has 1 aliphatic heterocycles. The zero-order chi connectivity index (χ0) is 17.6. The van der Waals surface area contributed by atoms with Gasteiger partial charge in [0.25, 0.3) is 0 Å². The topological polar surface area (TPSA) is 89.1 Å². The third-order valence-electron chi connectivity index (χ3n) is 3.75. The molecule has 1 unspecified atom stereocenters. The van der Waals surface area contributed by atoms with Crippen LogP contribution in [0.3, 0.4) is 0 Å². The molecule has 25 heavy (non-hydrogen) atoms. The van der Waals surface area contributed by atoms with Crippen LogP contribution in [0.15, 0.2) is 42.5 Å². The SMILES string of the molecule is CCOC1CCc2ccc(Oc3ccc(NC(=O)NO)cc3)cc2O1. The summed E-state index contributed by atoms with van der Waals surface area (Å²) in [4.78, 5) is 11.0. The Morgan fingerprint density at radius 3 is 2.72 bits per heavy atom. The van der Waals surface area contributed by atoms with Gasteiger partial charge in [0.1, 0.15) is 17.2 Å². The molecule has 0 saturated heterocycles. The van der Waals surface area contributed by atoms with E-state index in [1.54, 1.807) is 24.3 Å². The van der Waals surface area contributed by atoms with Gasteiger partial charge in [0.2, 0.25) is 0 Å². The van der Waals surface area contributed by atoms with Crippen molar-refractivity contribution in [2.75, 3.05) is 11.9 Å². The van der Waals surface area contributed by atoms with Gasteiger partial charge in [-0.15, -0.1) is 0 Å². The maximum atomic E-state index is 11.0. The highest BCUT2D eigenvalue weighted by molar-refractivity contribution is 5.88. The number of carbonyl (C=O) groups excluding carboxylic acids is 1. The van der Waals surface area contributed by atoms with Gasteiger partial charge >= 0.3 is 6.03 Å². The van der Waals surface area contributed by atoms with Crippen LogP contribution >= 0.6 is 0 Å². The Balaban J connectivity index is 1.67. The molecule has 2 amide bonds. The predicted molar refractivity (Wildman–Crippen MR) is 91.3 cm³/mol. The molecule has 2 aromatic rings. The number of anilines is 1. The molecule has 1 heterocycles. The predicted octanol–water partition coefficient (Wildman–Crippen LogP) is 3.68. The quantitative estimate of drug-likeness (QED) is 0.569. The van der Waals surface area contributed by atoms with E-state index in [0.717, 1.165) is 24.2 Å². The van der Waals surface area contributed by atoms with Crippen molar-refractivity contribution >= 4 is 11.7 Å². The molecular formula is C18H20N2O5. The monoisotopic (exact) mass is 344 g/mol. The van der Waals surface area contributed by atoms with Gasteiger partial charge in [0.05, 0.1) is 0 Å². The first kappa shape index (κ1) is 17.1. The van der Waals surface area contributed by atoms with Crippen molar-refractivity contribution < 1.29 is 24.2 Å².